The van der Waals surface area contributed by atoms with Gasteiger partial charge in [0.2, 0.25) is 0 Å². The molecule has 1 nitrogen and oxygen atoms in total. The third kappa shape index (κ3) is 2.49. The Hall–Kier alpha value is -0.630. The van der Waals surface area contributed by atoms with Gasteiger partial charge in [0.15, 0.2) is 0 Å². The Morgan fingerprint density at radius 1 is 1.47 bits per heavy atom. The number of hydrogen-bond donors (Lipinski definition) is 0. The summed E-state index contributed by atoms with van der Waals surface area (Å²) in [6, 6.07) is 6.30. The zero-order valence-corrected chi connectivity index (χ0v) is 10.5. The first kappa shape index (κ1) is 10.9. The van der Waals surface area contributed by atoms with Crippen molar-refractivity contribution in [3.8, 4) is 0 Å². The maximum Gasteiger partial charge on any atom is 0.136 e. The molecule has 0 radical (unpaired) electrons. The second kappa shape index (κ2) is 4.48. The van der Waals surface area contributed by atoms with E-state index in [9.17, 15) is 4.79 Å². The molecule has 0 spiro atoms. The summed E-state index contributed by atoms with van der Waals surface area (Å²) in [5, 5.41) is 0. The van der Waals surface area contributed by atoms with Gasteiger partial charge in [-0.1, -0.05) is 22.0 Å². The average molecular weight is 267 g/mol. The monoisotopic (exact) mass is 266 g/mol. The molecule has 1 saturated carbocycles. The molecule has 0 saturated heterocycles. The van der Waals surface area contributed by atoms with E-state index in [1.807, 2.05) is 0 Å². The minimum absolute atomic E-state index is 0.276. The number of carbonyl (C=O) groups is 1. The first-order valence-electron chi connectivity index (χ1n) is 5.44. The van der Waals surface area contributed by atoms with Crippen molar-refractivity contribution in [1.82, 2.24) is 0 Å². The Morgan fingerprint density at radius 2 is 2.27 bits per heavy atom. The number of Topliss-reactive ketones (excluding diaryl/α,β-unsaturated/α-hetero) is 1. The van der Waals surface area contributed by atoms with Crippen molar-refractivity contribution >= 4 is 21.7 Å². The predicted octanol–water partition coefficient (Wildman–Crippen LogP) is 3.67. The Kier molecular flexibility index (Phi) is 3.25. The lowest BCUT2D eigenvalue weighted by Crippen LogP contribution is -2.10. The summed E-state index contributed by atoms with van der Waals surface area (Å²) >= 11 is 3.48. The van der Waals surface area contributed by atoms with E-state index in [1.165, 1.54) is 11.1 Å². The summed E-state index contributed by atoms with van der Waals surface area (Å²) in [6.45, 7) is 2.11. The van der Waals surface area contributed by atoms with Crippen LogP contribution in [0.15, 0.2) is 22.7 Å². The molecule has 15 heavy (non-hydrogen) atoms. The Morgan fingerprint density at radius 3 is 2.93 bits per heavy atom. The molecule has 0 aliphatic heterocycles. The molecular formula is C13H15BrO. The minimum Gasteiger partial charge on any atom is -0.299 e. The van der Waals surface area contributed by atoms with Crippen molar-refractivity contribution in [2.24, 2.45) is 5.92 Å². The standard InChI is InChI=1S/C13H15BrO/c1-9-5-6-12(14)8-11(9)7-10-3-2-4-13(10)15/h5-6,8,10H,2-4,7H2,1H3. The molecule has 1 aliphatic rings. The van der Waals surface area contributed by atoms with Gasteiger partial charge in [-0.2, -0.15) is 0 Å². The van der Waals surface area contributed by atoms with E-state index >= 15 is 0 Å². The third-order valence-electron chi connectivity index (χ3n) is 3.21. The minimum atomic E-state index is 0.276. The van der Waals surface area contributed by atoms with Crippen LogP contribution in [-0.2, 0) is 11.2 Å². The molecule has 0 heterocycles. The normalized spacial score (nSPS) is 20.9. The van der Waals surface area contributed by atoms with Crippen LogP contribution in [0.4, 0.5) is 0 Å². The van der Waals surface area contributed by atoms with Gasteiger partial charge in [0.25, 0.3) is 0 Å². The van der Waals surface area contributed by atoms with E-state index in [4.69, 9.17) is 0 Å². The highest BCUT2D eigenvalue weighted by atomic mass is 79.9. The Balaban J connectivity index is 2.16. The highest BCUT2D eigenvalue weighted by Crippen LogP contribution is 2.27. The molecule has 1 fully saturated rings. The van der Waals surface area contributed by atoms with Crippen molar-refractivity contribution in [3.63, 3.8) is 0 Å². The van der Waals surface area contributed by atoms with E-state index < -0.39 is 0 Å². The van der Waals surface area contributed by atoms with Gasteiger partial charge in [0, 0.05) is 16.8 Å². The highest BCUT2D eigenvalue weighted by molar-refractivity contribution is 9.10. The molecule has 1 aromatic rings. The van der Waals surface area contributed by atoms with Gasteiger partial charge in [-0.25, -0.2) is 0 Å². The second-order valence-electron chi connectivity index (χ2n) is 4.33. The summed E-state index contributed by atoms with van der Waals surface area (Å²) in [5.41, 5.74) is 2.60. The molecule has 1 aromatic carbocycles. The van der Waals surface area contributed by atoms with Crippen molar-refractivity contribution < 1.29 is 4.79 Å². The van der Waals surface area contributed by atoms with Gasteiger partial charge in [0.1, 0.15) is 5.78 Å². The number of aryl methyl sites for hydroxylation is 1. The zero-order valence-electron chi connectivity index (χ0n) is 8.92. The molecule has 0 amide bonds. The van der Waals surface area contributed by atoms with E-state index in [2.05, 4.69) is 41.1 Å². The lowest BCUT2D eigenvalue weighted by atomic mass is 9.94. The van der Waals surface area contributed by atoms with Gasteiger partial charge in [-0.15, -0.1) is 0 Å². The SMILES string of the molecule is Cc1ccc(Br)cc1CC1CCCC1=O. The third-order valence-corrected chi connectivity index (χ3v) is 3.70. The lowest BCUT2D eigenvalue weighted by molar-refractivity contribution is -0.120. The Labute approximate surface area is 99.0 Å². The number of halogens is 1. The number of hydrogen-bond acceptors (Lipinski definition) is 1. The van der Waals surface area contributed by atoms with Crippen LogP contribution in [-0.4, -0.2) is 5.78 Å². The molecule has 2 rings (SSSR count). The maximum absolute atomic E-state index is 11.6. The molecule has 0 N–H and O–H groups in total. The first-order chi connectivity index (χ1) is 7.16. The van der Waals surface area contributed by atoms with Gasteiger partial charge in [-0.05, 0) is 49.4 Å². The van der Waals surface area contributed by atoms with E-state index in [0.29, 0.717) is 5.78 Å². The van der Waals surface area contributed by atoms with Gasteiger partial charge in [-0.3, -0.25) is 4.79 Å². The largest absolute Gasteiger partial charge is 0.299 e. The molecular weight excluding hydrogens is 252 g/mol. The fraction of sp³-hybridized carbons (Fsp3) is 0.462. The first-order valence-corrected chi connectivity index (χ1v) is 6.24. The second-order valence-corrected chi connectivity index (χ2v) is 5.25. The summed E-state index contributed by atoms with van der Waals surface area (Å²) in [5.74, 6) is 0.729. The quantitative estimate of drug-likeness (QED) is 0.799. The fourth-order valence-electron chi connectivity index (χ4n) is 2.23. The van der Waals surface area contributed by atoms with Crippen LogP contribution in [0, 0.1) is 12.8 Å². The smallest absolute Gasteiger partial charge is 0.136 e. The van der Waals surface area contributed by atoms with Crippen molar-refractivity contribution in [3.05, 3.63) is 33.8 Å². The highest BCUT2D eigenvalue weighted by Gasteiger charge is 2.24. The molecule has 80 valence electrons. The maximum atomic E-state index is 11.6. The molecule has 1 aliphatic carbocycles. The van der Waals surface area contributed by atoms with Crippen LogP contribution in [0.3, 0.4) is 0 Å². The molecule has 1 unspecified atom stereocenters. The van der Waals surface area contributed by atoms with E-state index in [0.717, 1.165) is 30.2 Å². The van der Waals surface area contributed by atoms with Crippen LogP contribution in [0.1, 0.15) is 30.4 Å². The van der Waals surface area contributed by atoms with E-state index in [1.54, 1.807) is 0 Å². The van der Waals surface area contributed by atoms with Crippen LogP contribution in [0.25, 0.3) is 0 Å². The fourth-order valence-corrected chi connectivity index (χ4v) is 2.64. The van der Waals surface area contributed by atoms with Crippen molar-refractivity contribution in [1.29, 1.82) is 0 Å². The van der Waals surface area contributed by atoms with Crippen LogP contribution in [0.5, 0.6) is 0 Å². The number of carbonyl (C=O) groups excluding carboxylic acids is 1. The molecule has 1 atom stereocenters. The Bertz CT molecular complexity index is 384. The lowest BCUT2D eigenvalue weighted by Gasteiger charge is -2.10. The van der Waals surface area contributed by atoms with Crippen LogP contribution < -0.4 is 0 Å². The van der Waals surface area contributed by atoms with Crippen LogP contribution >= 0.6 is 15.9 Å². The molecule has 0 aromatic heterocycles. The predicted molar refractivity (Wildman–Crippen MR) is 64.9 cm³/mol. The summed E-state index contributed by atoms with van der Waals surface area (Å²) in [4.78, 5) is 11.6. The van der Waals surface area contributed by atoms with Gasteiger partial charge >= 0.3 is 0 Å². The summed E-state index contributed by atoms with van der Waals surface area (Å²) < 4.78 is 1.11. The number of benzene rings is 1. The van der Waals surface area contributed by atoms with Crippen molar-refractivity contribution in [2.75, 3.05) is 0 Å². The summed E-state index contributed by atoms with van der Waals surface area (Å²) in [6.07, 6.45) is 3.86. The van der Waals surface area contributed by atoms with E-state index in [-0.39, 0.29) is 5.92 Å². The van der Waals surface area contributed by atoms with Crippen molar-refractivity contribution in [2.45, 2.75) is 32.6 Å². The zero-order chi connectivity index (χ0) is 10.8. The number of ketones is 1. The summed E-state index contributed by atoms with van der Waals surface area (Å²) in [7, 11) is 0. The van der Waals surface area contributed by atoms with Crippen LogP contribution in [0.2, 0.25) is 0 Å². The average Bonchev–Trinajstić information content (AvgIpc) is 2.58. The molecule has 2 heteroatoms. The topological polar surface area (TPSA) is 17.1 Å². The van der Waals surface area contributed by atoms with Gasteiger partial charge in [0.05, 0.1) is 0 Å². The number of rotatable bonds is 2. The molecule has 0 bridgehead atoms. The van der Waals surface area contributed by atoms with Gasteiger partial charge < -0.3 is 0 Å².